The van der Waals surface area contributed by atoms with Gasteiger partial charge in [0.05, 0.1) is 31.2 Å². The summed E-state index contributed by atoms with van der Waals surface area (Å²) in [5, 5.41) is 81.2. The second-order valence-corrected chi connectivity index (χ2v) is 25.6. The fraction of sp³-hybridized carbons (Fsp3) is 0.347. The molecule has 5 aromatic carbocycles. The average molecular weight is 1520 g/mol. The molecule has 7 rings (SSSR count). The predicted molar refractivity (Wildman–Crippen MR) is 373 cm³/mol. The second-order valence-electron chi connectivity index (χ2n) is 25.6. The first-order chi connectivity index (χ1) is 51.6. The Morgan fingerprint density at radius 3 is 1.07 bits per heavy atom. The van der Waals surface area contributed by atoms with E-state index < -0.39 is 218 Å². The molecule has 0 saturated carbocycles. The van der Waals surface area contributed by atoms with Gasteiger partial charge in [-0.15, -0.1) is 0 Å². The molecule has 16 N–H and O–H groups in total. The first kappa shape index (κ1) is 82.8. The minimum absolute atomic E-state index is 0.106. The third-order valence-electron chi connectivity index (χ3n) is 16.7. The highest BCUT2D eigenvalue weighted by Crippen LogP contribution is 2.57. The zero-order valence-corrected chi connectivity index (χ0v) is 58.6. The summed E-state index contributed by atoms with van der Waals surface area (Å²) >= 11 is 0. The van der Waals surface area contributed by atoms with Gasteiger partial charge in [-0.3, -0.25) is 67.1 Å². The van der Waals surface area contributed by atoms with Crippen molar-refractivity contribution in [2.75, 3.05) is 10.6 Å². The van der Waals surface area contributed by atoms with E-state index in [9.17, 15) is 112 Å². The van der Waals surface area contributed by atoms with Crippen LogP contribution in [0, 0.1) is 11.8 Å². The van der Waals surface area contributed by atoms with Gasteiger partial charge in [0.2, 0.25) is 47.3 Å². The first-order valence-electron chi connectivity index (χ1n) is 33.6. The number of rotatable bonds is 38. The maximum atomic E-state index is 14.3. The number of hydrogen-bond donors (Lipinski definition) is 16. The van der Waals surface area contributed by atoms with Crippen LogP contribution in [-0.4, -0.2) is 180 Å². The summed E-state index contributed by atoms with van der Waals surface area (Å²) in [6.07, 6.45) is -9.52. The molecule has 5 aromatic rings. The molecule has 0 radical (unpaired) electrons. The van der Waals surface area contributed by atoms with Gasteiger partial charge in [0.1, 0.15) is 73.0 Å². The summed E-state index contributed by atoms with van der Waals surface area (Å²) in [4.78, 5) is 223. The fourth-order valence-corrected chi connectivity index (χ4v) is 11.4. The smallest absolute Gasteiger partial charge is 0.408 e. The summed E-state index contributed by atoms with van der Waals surface area (Å²) in [7, 11) is 0. The van der Waals surface area contributed by atoms with E-state index >= 15 is 0 Å². The Balaban J connectivity index is 1.08. The molecule has 0 bridgehead atoms. The molecule has 0 unspecified atom stereocenters. The highest BCUT2D eigenvalue weighted by Gasteiger charge is 2.54. The fourth-order valence-electron chi connectivity index (χ4n) is 11.4. The van der Waals surface area contributed by atoms with Crippen molar-refractivity contribution in [1.29, 1.82) is 0 Å². The Kier molecular flexibility index (Phi) is 28.8. The van der Waals surface area contributed by atoms with E-state index in [1.807, 2.05) is 0 Å². The molecule has 2 heterocycles. The van der Waals surface area contributed by atoms with Crippen LogP contribution in [0.5, 0.6) is 11.5 Å². The molecule has 37 nitrogen and oxygen atoms in total. The van der Waals surface area contributed by atoms with Crippen molar-refractivity contribution in [2.24, 2.45) is 11.8 Å². The number of hydrogen-bond acceptors (Lipinski definition) is 21. The standard InChI is InChI=1S/C72H78N10O27/c1-35(2)59(81-61(95)45(23-25-53(83)84)75-65(99)49(31-57(91)92)79-70(104)106-33-37-13-7-5-8-14-37)67(101)77-47(29-55(87)88)63(97)73-39-19-21-43-51(27-39)108-52-28-40(20-22-44(52)72(43)42-18-12-11-17-41(42)69(103)109-72)74-64(98)48(30-56(89)90)78-68(102)60(36(3)4)82-62(96)46(24-26-54(85)86)76-66(100)50(32-58(93)94)80-71(105)107-34-38-15-9-6-10-16-38/h5-22,27-28,35-36,45-50,59-60H,23-26,29-34H2,1-4H3,(H,73,97)(H,74,98)(H,75,99)(H,76,100)(H,77,101)(H,78,102)(H,79,104)(H,80,105)(H,81,95)(H,82,96)(H,83,84)(H,85,86)(H,87,88)(H,89,90)(H,91,92)(H,93,94)/t45-,46-,47-,48-,49-,50-,59-,60-/m0/s1. The van der Waals surface area contributed by atoms with Crippen LogP contribution in [0.2, 0.25) is 0 Å². The molecule has 2 aliphatic heterocycles. The van der Waals surface area contributed by atoms with Crippen LogP contribution in [0.15, 0.2) is 121 Å². The van der Waals surface area contributed by atoms with E-state index in [1.54, 1.807) is 78.9 Å². The van der Waals surface area contributed by atoms with Crippen molar-refractivity contribution in [1.82, 2.24) is 42.5 Å². The SMILES string of the molecule is CC(C)[C@H](NC(=O)[C@H](CCC(=O)O)NC(=O)[C@H](CC(=O)O)NC(=O)OCc1ccccc1)C(=O)N[C@@H](CC(=O)O)C(=O)Nc1ccc2c(c1)Oc1cc(NC(=O)[C@H](CC(=O)O)NC(=O)[C@@H](NC(=O)[C@H](CCC(=O)O)NC(=O)[C@H](CC(=O)O)NC(=O)OCc3ccccc3)C(C)C)ccc1C21OC(=O)c2ccccc21. The Bertz CT molecular complexity index is 4090. The maximum absolute atomic E-state index is 14.3. The largest absolute Gasteiger partial charge is 0.481 e. The summed E-state index contributed by atoms with van der Waals surface area (Å²) < 4.78 is 22.8. The van der Waals surface area contributed by atoms with Crippen LogP contribution in [0.25, 0.3) is 0 Å². The molecule has 109 heavy (non-hydrogen) atoms. The number of esters is 1. The number of amides is 10. The molecule has 0 saturated heterocycles. The lowest BCUT2D eigenvalue weighted by Crippen LogP contribution is -2.59. The number of anilines is 2. The van der Waals surface area contributed by atoms with Gasteiger partial charge >= 0.3 is 54.0 Å². The number of benzene rings is 5. The molecule has 0 fully saturated rings. The number of nitrogens with one attached hydrogen (secondary N) is 10. The molecule has 0 aliphatic carbocycles. The van der Waals surface area contributed by atoms with Crippen molar-refractivity contribution < 1.29 is 131 Å². The molecule has 37 heteroatoms. The molecule has 8 atom stereocenters. The van der Waals surface area contributed by atoms with Gasteiger partial charge < -0.3 is 103 Å². The Hall–Kier alpha value is -13.5. The zero-order valence-electron chi connectivity index (χ0n) is 58.6. The van der Waals surface area contributed by atoms with E-state index in [2.05, 4.69) is 53.2 Å². The van der Waals surface area contributed by atoms with Crippen LogP contribution in [-0.2, 0) is 100 Å². The normalized spacial score (nSPS) is 14.2. The van der Waals surface area contributed by atoms with E-state index in [0.29, 0.717) is 11.1 Å². The van der Waals surface area contributed by atoms with Gasteiger partial charge in [-0.2, -0.15) is 0 Å². The summed E-state index contributed by atoms with van der Waals surface area (Å²) in [6, 6.07) is 16.0. The number of aliphatic carboxylic acids is 6. The maximum Gasteiger partial charge on any atom is 0.408 e. The number of carboxylic acid groups (broad SMARTS) is 6. The molecule has 1 spiro atoms. The van der Waals surface area contributed by atoms with Crippen LogP contribution >= 0.6 is 0 Å². The molecule has 10 amide bonds. The van der Waals surface area contributed by atoms with Gasteiger partial charge in [0.15, 0.2) is 5.60 Å². The average Bonchev–Trinajstić information content (AvgIpc) is 1.62. The van der Waals surface area contributed by atoms with Crippen molar-refractivity contribution >= 4 is 113 Å². The number of alkyl carbamates (subject to hydrolysis) is 2. The molecule has 2 aliphatic rings. The number of ether oxygens (including phenoxy) is 4. The minimum atomic E-state index is -1.94. The lowest BCUT2D eigenvalue weighted by molar-refractivity contribution is -0.141. The van der Waals surface area contributed by atoms with Gasteiger partial charge in [0.25, 0.3) is 0 Å². The van der Waals surface area contributed by atoms with Crippen LogP contribution in [0.1, 0.15) is 117 Å². The van der Waals surface area contributed by atoms with Gasteiger partial charge in [-0.05, 0) is 66.1 Å². The quantitative estimate of drug-likeness (QED) is 0.0199. The highest BCUT2D eigenvalue weighted by atomic mass is 16.6. The Labute approximate surface area is 618 Å². The van der Waals surface area contributed by atoms with E-state index in [-0.39, 0.29) is 58.3 Å². The molecule has 0 aromatic heterocycles. The number of carbonyl (C=O) groups excluding carboxylic acids is 11. The van der Waals surface area contributed by atoms with Crippen LogP contribution < -0.4 is 57.9 Å². The van der Waals surface area contributed by atoms with Crippen LogP contribution in [0.4, 0.5) is 21.0 Å². The van der Waals surface area contributed by atoms with E-state index in [1.165, 1.54) is 70.2 Å². The lowest BCUT2D eigenvalue weighted by Gasteiger charge is -2.37. The van der Waals surface area contributed by atoms with Gasteiger partial charge in [-0.1, -0.05) is 107 Å². The predicted octanol–water partition coefficient (Wildman–Crippen LogP) is 2.57. The molecular weight excluding hydrogens is 1440 g/mol. The van der Waals surface area contributed by atoms with Crippen molar-refractivity contribution in [3.05, 3.63) is 155 Å². The number of fused-ring (bicyclic) bond motifs is 6. The van der Waals surface area contributed by atoms with Crippen molar-refractivity contribution in [3.63, 3.8) is 0 Å². The number of carboxylic acids is 6. The van der Waals surface area contributed by atoms with Gasteiger partial charge in [-0.25, -0.2) is 14.4 Å². The molecular formula is C72H78N10O27. The summed E-state index contributed by atoms with van der Waals surface area (Å²) in [5.74, 6) is -21.7. The second kappa shape index (κ2) is 38.0. The van der Waals surface area contributed by atoms with Gasteiger partial charge in [0, 0.05) is 53.0 Å². The van der Waals surface area contributed by atoms with E-state index in [0.717, 1.165) is 0 Å². The minimum Gasteiger partial charge on any atom is -0.481 e. The highest BCUT2D eigenvalue weighted by molar-refractivity contribution is 6.04. The monoisotopic (exact) mass is 1510 g/mol. The Morgan fingerprint density at radius 2 is 0.716 bits per heavy atom. The lowest BCUT2D eigenvalue weighted by atomic mass is 9.77. The molecule has 578 valence electrons. The first-order valence-corrected chi connectivity index (χ1v) is 33.6. The third-order valence-corrected chi connectivity index (χ3v) is 16.7. The number of carbonyl (C=O) groups is 17. The Morgan fingerprint density at radius 1 is 0.376 bits per heavy atom. The topological polar surface area (TPSA) is 569 Å². The summed E-state index contributed by atoms with van der Waals surface area (Å²) in [5.41, 5.74) is -0.370. The van der Waals surface area contributed by atoms with Crippen molar-refractivity contribution in [2.45, 2.75) is 146 Å². The van der Waals surface area contributed by atoms with Crippen molar-refractivity contribution in [3.8, 4) is 11.5 Å². The van der Waals surface area contributed by atoms with E-state index in [4.69, 9.17) is 18.9 Å². The third kappa shape index (κ3) is 23.2. The summed E-state index contributed by atoms with van der Waals surface area (Å²) in [6.45, 7) is 5.14. The zero-order chi connectivity index (χ0) is 80.0. The van der Waals surface area contributed by atoms with Crippen LogP contribution in [0.3, 0.4) is 0 Å².